The van der Waals surface area contributed by atoms with Gasteiger partial charge in [0.2, 0.25) is 0 Å². The first-order chi connectivity index (χ1) is 27.2. The molecule has 49 heavy (non-hydrogen) atoms. The van der Waals surface area contributed by atoms with Crippen molar-refractivity contribution in [2.45, 2.75) is 5.41 Å². The van der Waals surface area contributed by atoms with Gasteiger partial charge in [-0.1, -0.05) is 133 Å². The zero-order valence-electron chi connectivity index (χ0n) is 33.2. The Morgan fingerprint density at radius 2 is 1.12 bits per heavy atom. The molecule has 1 aliphatic rings. The molecule has 2 heteroatoms. The number of hydrogen-bond acceptors (Lipinski definition) is 2. The van der Waals surface area contributed by atoms with Crippen LogP contribution in [0.25, 0.3) is 43.8 Å². The zero-order valence-corrected chi connectivity index (χ0v) is 26.2. The molecule has 0 amide bonds. The molecular weight excluding hydrogens is 595 g/mol. The summed E-state index contributed by atoms with van der Waals surface area (Å²) < 4.78 is 70.0. The van der Waals surface area contributed by atoms with Crippen LogP contribution in [0.3, 0.4) is 0 Å². The summed E-state index contributed by atoms with van der Waals surface area (Å²) in [6, 6.07) is 45.4. The van der Waals surface area contributed by atoms with Gasteiger partial charge in [-0.05, 0) is 98.8 Å². The standard InChI is InChI=1S/C47H31NO/c1-3-16-34(17-4-1)48(35-18-5-2-6-19-35)36-27-28-44-40(31-36)38-21-9-11-23-43(38)47(44,42-24-13-15-32-14-7-8-20-37(32)42)33-26-29-46-41(30-33)39-22-10-12-25-45(39)49-46/h1-31H/i7D,8D,13D,14D,15D,20D,24D. The predicted octanol–water partition coefficient (Wildman–Crippen LogP) is 12.6. The molecule has 2 nitrogen and oxygen atoms in total. The van der Waals surface area contributed by atoms with Gasteiger partial charge in [0.15, 0.2) is 0 Å². The van der Waals surface area contributed by atoms with Crippen LogP contribution >= 0.6 is 0 Å². The van der Waals surface area contributed by atoms with E-state index >= 15 is 0 Å². The Morgan fingerprint density at radius 1 is 0.449 bits per heavy atom. The van der Waals surface area contributed by atoms with Gasteiger partial charge in [-0.3, -0.25) is 0 Å². The molecule has 0 saturated carbocycles. The topological polar surface area (TPSA) is 16.4 Å². The van der Waals surface area contributed by atoms with Crippen LogP contribution in [-0.2, 0) is 5.41 Å². The quantitative estimate of drug-likeness (QED) is 0.188. The number of hydrogen-bond donors (Lipinski definition) is 0. The summed E-state index contributed by atoms with van der Waals surface area (Å²) in [5.41, 5.74) is 7.17. The first-order valence-corrected chi connectivity index (χ1v) is 16.3. The van der Waals surface area contributed by atoms with Crippen molar-refractivity contribution < 1.29 is 14.0 Å². The molecule has 9 aromatic rings. The molecule has 1 atom stereocenters. The van der Waals surface area contributed by atoms with Gasteiger partial charge in [-0.2, -0.15) is 0 Å². The van der Waals surface area contributed by atoms with Crippen LogP contribution < -0.4 is 4.90 Å². The number of benzene rings is 8. The fourth-order valence-corrected chi connectivity index (χ4v) is 7.79. The minimum absolute atomic E-state index is 0.0566. The maximum absolute atomic E-state index is 9.74. The third-order valence-corrected chi connectivity index (χ3v) is 9.81. The molecule has 1 aliphatic carbocycles. The van der Waals surface area contributed by atoms with Crippen LogP contribution in [0.5, 0.6) is 0 Å². The summed E-state index contributed by atoms with van der Waals surface area (Å²) in [6.45, 7) is 0. The number of rotatable bonds is 5. The van der Waals surface area contributed by atoms with E-state index in [1.165, 1.54) is 0 Å². The fourth-order valence-electron chi connectivity index (χ4n) is 7.79. The minimum Gasteiger partial charge on any atom is -0.456 e. The highest BCUT2D eigenvalue weighted by atomic mass is 16.3. The van der Waals surface area contributed by atoms with E-state index in [0.717, 1.165) is 61.2 Å². The van der Waals surface area contributed by atoms with E-state index in [4.69, 9.17) is 9.90 Å². The van der Waals surface area contributed by atoms with E-state index in [1.54, 1.807) is 0 Å². The van der Waals surface area contributed by atoms with Gasteiger partial charge < -0.3 is 9.32 Å². The lowest BCUT2D eigenvalue weighted by atomic mass is 9.66. The first kappa shape index (κ1) is 21.5. The Hall–Kier alpha value is -6.38. The second-order valence-corrected chi connectivity index (χ2v) is 12.3. The Kier molecular flexibility index (Phi) is 4.75. The van der Waals surface area contributed by atoms with Crippen LogP contribution in [0.15, 0.2) is 192 Å². The van der Waals surface area contributed by atoms with E-state index < -0.39 is 35.6 Å². The number of para-hydroxylation sites is 3. The van der Waals surface area contributed by atoms with Crippen molar-refractivity contribution in [3.63, 3.8) is 0 Å². The lowest BCUT2D eigenvalue weighted by Gasteiger charge is -2.35. The summed E-state index contributed by atoms with van der Waals surface area (Å²) in [5.74, 6) is 0. The van der Waals surface area contributed by atoms with Crippen molar-refractivity contribution in [3.05, 3.63) is 210 Å². The Labute approximate surface area is 295 Å². The average Bonchev–Trinajstić information content (AvgIpc) is 3.75. The van der Waals surface area contributed by atoms with Crippen molar-refractivity contribution in [3.8, 4) is 11.1 Å². The lowest BCUT2D eigenvalue weighted by molar-refractivity contribution is 0.668. The van der Waals surface area contributed by atoms with Gasteiger partial charge in [0.1, 0.15) is 11.2 Å². The maximum Gasteiger partial charge on any atom is 0.135 e. The van der Waals surface area contributed by atoms with Crippen LogP contribution in [0.1, 0.15) is 31.8 Å². The number of furan rings is 1. The second kappa shape index (κ2) is 10.8. The van der Waals surface area contributed by atoms with E-state index in [2.05, 4.69) is 47.4 Å². The van der Waals surface area contributed by atoms with Crippen molar-refractivity contribution in [2.24, 2.45) is 0 Å². The SMILES string of the molecule is [2H]c1c([2H])c([2H])c2c(C3(c4ccc5oc6ccccc6c5c4)c4ccccc4-c4cc(N(c5ccccc5)c5ccccc5)ccc43)c([2H])c([2H])c([2H])c2c1[2H]. The molecule has 230 valence electrons. The fraction of sp³-hybridized carbons (Fsp3) is 0.0213. The first-order valence-electron chi connectivity index (χ1n) is 19.8. The smallest absolute Gasteiger partial charge is 0.135 e. The van der Waals surface area contributed by atoms with Crippen LogP contribution in [0.2, 0.25) is 0 Å². The molecule has 0 saturated heterocycles. The molecule has 0 N–H and O–H groups in total. The molecule has 8 aromatic carbocycles. The molecule has 0 spiro atoms. The van der Waals surface area contributed by atoms with Gasteiger partial charge in [-0.15, -0.1) is 0 Å². The van der Waals surface area contributed by atoms with Crippen molar-refractivity contribution in [1.82, 2.24) is 0 Å². The summed E-state index contributed by atoms with van der Waals surface area (Å²) in [4.78, 5) is 2.19. The van der Waals surface area contributed by atoms with Crippen molar-refractivity contribution >= 4 is 49.8 Å². The molecular formula is C47H31NO. The normalized spacial score (nSPS) is 17.0. The average molecular weight is 633 g/mol. The Bertz CT molecular complexity index is 3020. The van der Waals surface area contributed by atoms with Gasteiger partial charge in [0.25, 0.3) is 0 Å². The third-order valence-electron chi connectivity index (χ3n) is 9.81. The summed E-state index contributed by atoms with van der Waals surface area (Å²) >= 11 is 0. The van der Waals surface area contributed by atoms with Crippen LogP contribution in [0, 0.1) is 0 Å². The number of nitrogens with zero attached hydrogens (tertiary/aromatic N) is 1. The monoisotopic (exact) mass is 632 g/mol. The molecule has 1 unspecified atom stereocenters. The summed E-state index contributed by atoms with van der Waals surface area (Å²) in [7, 11) is 0. The molecule has 0 bridgehead atoms. The highest BCUT2D eigenvalue weighted by molar-refractivity contribution is 6.06. The van der Waals surface area contributed by atoms with Crippen molar-refractivity contribution in [2.75, 3.05) is 4.90 Å². The largest absolute Gasteiger partial charge is 0.456 e. The summed E-state index contributed by atoms with van der Waals surface area (Å²) in [6.07, 6.45) is 0. The van der Waals surface area contributed by atoms with Gasteiger partial charge in [0, 0.05) is 27.8 Å². The van der Waals surface area contributed by atoms with Gasteiger partial charge in [-0.25, -0.2) is 0 Å². The van der Waals surface area contributed by atoms with Crippen molar-refractivity contribution in [1.29, 1.82) is 0 Å². The highest BCUT2D eigenvalue weighted by Gasteiger charge is 2.47. The Morgan fingerprint density at radius 3 is 1.96 bits per heavy atom. The minimum atomic E-state index is -1.36. The molecule has 1 aromatic heterocycles. The highest BCUT2D eigenvalue weighted by Crippen LogP contribution is 2.58. The molecule has 0 fully saturated rings. The van der Waals surface area contributed by atoms with E-state index in [9.17, 15) is 4.11 Å². The third kappa shape index (κ3) is 4.07. The van der Waals surface area contributed by atoms with Gasteiger partial charge in [0.05, 0.1) is 15.0 Å². The van der Waals surface area contributed by atoms with E-state index in [0.29, 0.717) is 5.58 Å². The maximum atomic E-state index is 9.74. The Balaban J connectivity index is 1.38. The molecule has 1 heterocycles. The lowest BCUT2D eigenvalue weighted by Crippen LogP contribution is -2.29. The number of fused-ring (bicyclic) bond motifs is 7. The second-order valence-electron chi connectivity index (χ2n) is 12.3. The molecule has 0 radical (unpaired) electrons. The zero-order chi connectivity index (χ0) is 38.5. The molecule has 0 aliphatic heterocycles. The number of anilines is 3. The predicted molar refractivity (Wildman–Crippen MR) is 203 cm³/mol. The van der Waals surface area contributed by atoms with Crippen LogP contribution in [0.4, 0.5) is 17.1 Å². The van der Waals surface area contributed by atoms with Crippen LogP contribution in [-0.4, -0.2) is 0 Å². The van der Waals surface area contributed by atoms with E-state index in [1.807, 2.05) is 103 Å². The van der Waals surface area contributed by atoms with E-state index in [-0.39, 0.29) is 28.4 Å². The van der Waals surface area contributed by atoms with Gasteiger partial charge >= 0.3 is 0 Å². The molecule has 10 rings (SSSR count). The summed E-state index contributed by atoms with van der Waals surface area (Å²) in [5, 5.41) is 1.73.